The van der Waals surface area contributed by atoms with E-state index in [4.69, 9.17) is 0 Å². The van der Waals surface area contributed by atoms with Gasteiger partial charge in [0.1, 0.15) is 5.82 Å². The van der Waals surface area contributed by atoms with Crippen molar-refractivity contribution in [2.45, 2.75) is 13.1 Å². The molecule has 0 spiro atoms. The van der Waals surface area contributed by atoms with Crippen LogP contribution in [0.1, 0.15) is 22.8 Å². The predicted octanol–water partition coefficient (Wildman–Crippen LogP) is 1.71. The molecule has 0 heterocycles. The van der Waals surface area contributed by atoms with Gasteiger partial charge in [-0.3, -0.25) is 9.59 Å². The molecule has 1 aromatic rings. The molecular weight excluding hydrogens is 280 g/mol. The van der Waals surface area contributed by atoms with E-state index in [-0.39, 0.29) is 0 Å². The van der Waals surface area contributed by atoms with E-state index in [2.05, 4.69) is 5.32 Å². The normalized spacial score (nSPS) is 11.1. The molecule has 0 radical (unpaired) electrons. The Morgan fingerprint density at radius 2 is 1.85 bits per heavy atom. The van der Waals surface area contributed by atoms with Crippen molar-refractivity contribution in [2.75, 3.05) is 13.1 Å². The zero-order chi connectivity index (χ0) is 15.3. The highest BCUT2D eigenvalue weighted by Crippen LogP contribution is 2.32. The Morgan fingerprint density at radius 3 is 2.40 bits per heavy atom. The third-order valence-electron chi connectivity index (χ3n) is 2.33. The molecule has 0 aromatic heterocycles. The number of rotatable bonds is 4. The molecule has 0 aliphatic heterocycles. The average molecular weight is 292 g/mol. The first-order valence-corrected chi connectivity index (χ1v) is 5.68. The van der Waals surface area contributed by atoms with E-state index in [0.717, 1.165) is 12.1 Å². The van der Waals surface area contributed by atoms with Crippen LogP contribution in [0.25, 0.3) is 0 Å². The highest BCUT2D eigenvalue weighted by atomic mass is 19.4. The van der Waals surface area contributed by atoms with Gasteiger partial charge < -0.3 is 10.6 Å². The maximum absolute atomic E-state index is 13.6. The largest absolute Gasteiger partial charge is 0.419 e. The highest BCUT2D eigenvalue weighted by molar-refractivity contribution is 5.96. The predicted molar refractivity (Wildman–Crippen MR) is 62.4 cm³/mol. The Hall–Kier alpha value is -2.12. The molecule has 2 amide bonds. The molecule has 0 saturated heterocycles. The molecule has 20 heavy (non-hydrogen) atoms. The van der Waals surface area contributed by atoms with Crippen LogP contribution < -0.4 is 10.6 Å². The maximum atomic E-state index is 13.6. The van der Waals surface area contributed by atoms with Crippen LogP contribution in [-0.4, -0.2) is 24.9 Å². The summed E-state index contributed by atoms with van der Waals surface area (Å²) in [5.41, 5.74) is -2.28. The Balaban J connectivity index is 2.87. The first-order chi connectivity index (χ1) is 9.27. The quantitative estimate of drug-likeness (QED) is 0.830. The van der Waals surface area contributed by atoms with Crippen molar-refractivity contribution >= 4 is 11.8 Å². The van der Waals surface area contributed by atoms with Gasteiger partial charge in [-0.25, -0.2) is 4.39 Å². The van der Waals surface area contributed by atoms with E-state index < -0.39 is 41.5 Å². The monoisotopic (exact) mass is 292 g/mol. The number of alkyl halides is 3. The molecule has 1 rings (SSSR count). The molecule has 1 aromatic carbocycles. The van der Waals surface area contributed by atoms with Crippen molar-refractivity contribution in [3.63, 3.8) is 0 Å². The minimum absolute atomic E-state index is 0.340. The summed E-state index contributed by atoms with van der Waals surface area (Å²) < 4.78 is 51.0. The first-order valence-electron chi connectivity index (χ1n) is 5.68. The standard InChI is InChI=1S/C12H12F4N2O2/c1-2-17-9(19)6-18-11(20)7-4-3-5-8(10(7)13)12(14,15)16/h3-5H,2,6H2,1H3,(H,17,19)(H,18,20). The van der Waals surface area contributed by atoms with Gasteiger partial charge in [0.25, 0.3) is 5.91 Å². The number of carbonyl (C=O) groups excluding carboxylic acids is 2. The van der Waals surface area contributed by atoms with E-state index in [0.29, 0.717) is 12.6 Å². The lowest BCUT2D eigenvalue weighted by molar-refractivity contribution is -0.140. The highest BCUT2D eigenvalue weighted by Gasteiger charge is 2.35. The molecule has 0 fully saturated rings. The first kappa shape index (κ1) is 15.9. The second-order valence-corrected chi connectivity index (χ2v) is 3.80. The fraction of sp³-hybridized carbons (Fsp3) is 0.333. The van der Waals surface area contributed by atoms with Crippen molar-refractivity contribution in [1.29, 1.82) is 0 Å². The number of halogens is 4. The van der Waals surface area contributed by atoms with E-state index in [1.807, 2.05) is 5.32 Å². The number of likely N-dealkylation sites (N-methyl/N-ethyl adjacent to an activating group) is 1. The summed E-state index contributed by atoms with van der Waals surface area (Å²) >= 11 is 0. The molecule has 0 bridgehead atoms. The van der Waals surface area contributed by atoms with Crippen molar-refractivity contribution in [1.82, 2.24) is 10.6 Å². The van der Waals surface area contributed by atoms with E-state index in [1.165, 1.54) is 0 Å². The zero-order valence-corrected chi connectivity index (χ0v) is 10.5. The summed E-state index contributed by atoms with van der Waals surface area (Å²) in [5, 5.41) is 4.42. The van der Waals surface area contributed by atoms with Gasteiger partial charge in [0.2, 0.25) is 5.91 Å². The number of amides is 2. The molecule has 110 valence electrons. The average Bonchev–Trinajstić information content (AvgIpc) is 2.35. The van der Waals surface area contributed by atoms with Crippen LogP contribution in [0.5, 0.6) is 0 Å². The molecule has 8 heteroatoms. The molecule has 0 saturated carbocycles. The van der Waals surface area contributed by atoms with E-state index in [1.54, 1.807) is 6.92 Å². The van der Waals surface area contributed by atoms with Crippen LogP contribution in [0.3, 0.4) is 0 Å². The number of hydrogen-bond acceptors (Lipinski definition) is 2. The Kier molecular flexibility index (Phi) is 5.06. The minimum Gasteiger partial charge on any atom is -0.355 e. The number of hydrogen-bond donors (Lipinski definition) is 2. The molecule has 0 aliphatic rings. The van der Waals surface area contributed by atoms with Crippen molar-refractivity contribution in [3.05, 3.63) is 35.1 Å². The van der Waals surface area contributed by atoms with Crippen LogP contribution >= 0.6 is 0 Å². The summed E-state index contributed by atoms with van der Waals surface area (Å²) in [7, 11) is 0. The maximum Gasteiger partial charge on any atom is 0.419 e. The van der Waals surface area contributed by atoms with Gasteiger partial charge in [-0.1, -0.05) is 6.07 Å². The fourth-order valence-corrected chi connectivity index (χ4v) is 1.44. The van der Waals surface area contributed by atoms with Crippen molar-refractivity contribution in [3.8, 4) is 0 Å². The van der Waals surface area contributed by atoms with Crippen LogP contribution in [0.4, 0.5) is 17.6 Å². The fourth-order valence-electron chi connectivity index (χ4n) is 1.44. The smallest absolute Gasteiger partial charge is 0.355 e. The second-order valence-electron chi connectivity index (χ2n) is 3.80. The van der Waals surface area contributed by atoms with E-state index in [9.17, 15) is 27.2 Å². The van der Waals surface area contributed by atoms with Gasteiger partial charge >= 0.3 is 6.18 Å². The van der Waals surface area contributed by atoms with Gasteiger partial charge in [-0.15, -0.1) is 0 Å². The lowest BCUT2D eigenvalue weighted by Gasteiger charge is -2.11. The van der Waals surface area contributed by atoms with Gasteiger partial charge in [0.15, 0.2) is 0 Å². The SMILES string of the molecule is CCNC(=O)CNC(=O)c1cccc(C(F)(F)F)c1F. The van der Waals surface area contributed by atoms with Crippen LogP contribution in [0, 0.1) is 5.82 Å². The van der Waals surface area contributed by atoms with Gasteiger partial charge in [0.05, 0.1) is 17.7 Å². The zero-order valence-electron chi connectivity index (χ0n) is 10.5. The number of nitrogens with one attached hydrogen (secondary N) is 2. The van der Waals surface area contributed by atoms with Crippen LogP contribution in [0.2, 0.25) is 0 Å². The van der Waals surface area contributed by atoms with Gasteiger partial charge in [-0.05, 0) is 19.1 Å². The number of carbonyl (C=O) groups is 2. The lowest BCUT2D eigenvalue weighted by atomic mass is 10.1. The van der Waals surface area contributed by atoms with Crippen LogP contribution in [-0.2, 0) is 11.0 Å². The lowest BCUT2D eigenvalue weighted by Crippen LogP contribution is -2.37. The Morgan fingerprint density at radius 1 is 1.20 bits per heavy atom. The van der Waals surface area contributed by atoms with E-state index >= 15 is 0 Å². The molecule has 4 nitrogen and oxygen atoms in total. The molecular formula is C12H12F4N2O2. The topological polar surface area (TPSA) is 58.2 Å². The summed E-state index contributed by atoms with van der Waals surface area (Å²) in [6.45, 7) is 1.56. The Bertz CT molecular complexity index is 515. The molecule has 0 atom stereocenters. The summed E-state index contributed by atoms with van der Waals surface area (Å²) in [4.78, 5) is 22.6. The van der Waals surface area contributed by atoms with Crippen LogP contribution in [0.15, 0.2) is 18.2 Å². The Labute approximate surface area is 112 Å². The van der Waals surface area contributed by atoms with Gasteiger partial charge in [0, 0.05) is 6.54 Å². The van der Waals surface area contributed by atoms with Gasteiger partial charge in [-0.2, -0.15) is 13.2 Å². The van der Waals surface area contributed by atoms with Crippen molar-refractivity contribution in [2.24, 2.45) is 0 Å². The minimum atomic E-state index is -4.89. The molecule has 2 N–H and O–H groups in total. The number of benzene rings is 1. The third-order valence-corrected chi connectivity index (χ3v) is 2.33. The third kappa shape index (κ3) is 3.94. The summed E-state index contributed by atoms with van der Waals surface area (Å²) in [6.07, 6.45) is -4.89. The molecule has 0 aliphatic carbocycles. The summed E-state index contributed by atoms with van der Waals surface area (Å²) in [5.74, 6) is -3.26. The second kappa shape index (κ2) is 6.36. The van der Waals surface area contributed by atoms with Crippen molar-refractivity contribution < 1.29 is 27.2 Å². The molecule has 0 unspecified atom stereocenters. The summed E-state index contributed by atoms with van der Waals surface area (Å²) in [6, 6.07) is 2.38.